The second kappa shape index (κ2) is 8.51. The maximum absolute atomic E-state index is 13.5. The van der Waals surface area contributed by atoms with E-state index >= 15 is 0 Å². The molecule has 0 radical (unpaired) electrons. The predicted molar refractivity (Wildman–Crippen MR) is 87.7 cm³/mol. The molecule has 0 atom stereocenters. The van der Waals surface area contributed by atoms with E-state index in [4.69, 9.17) is 0 Å². The van der Waals surface area contributed by atoms with Gasteiger partial charge < -0.3 is 0 Å². The number of halogens is 5. The number of allylic oxidation sites excluding steroid dienone is 2. The molecule has 1 fully saturated rings. The van der Waals surface area contributed by atoms with Crippen LogP contribution in [0, 0.1) is 35.3 Å². The molecule has 1 aliphatic rings. The number of hydrogen-bond acceptors (Lipinski definition) is 0. The van der Waals surface area contributed by atoms with Crippen molar-refractivity contribution >= 4 is 0 Å². The van der Waals surface area contributed by atoms with E-state index in [1.807, 2.05) is 6.08 Å². The van der Waals surface area contributed by atoms with Gasteiger partial charge in [0, 0.05) is 5.56 Å². The van der Waals surface area contributed by atoms with Gasteiger partial charge in [-0.25, -0.2) is 8.78 Å². The molecule has 0 spiro atoms. The van der Waals surface area contributed by atoms with Crippen LogP contribution in [0.1, 0.15) is 56.6 Å². The third-order valence-electron chi connectivity index (χ3n) is 4.58. The van der Waals surface area contributed by atoms with Crippen LogP contribution in [-0.4, -0.2) is 0 Å². The molecule has 0 amide bonds. The molecule has 0 nitrogen and oxygen atoms in total. The van der Waals surface area contributed by atoms with Crippen molar-refractivity contribution in [1.82, 2.24) is 0 Å². The number of benzene rings is 1. The topological polar surface area (TPSA) is 0 Å². The molecule has 0 heterocycles. The Kier molecular flexibility index (Phi) is 6.64. The summed E-state index contributed by atoms with van der Waals surface area (Å²) >= 11 is 0. The minimum Gasteiger partial charge on any atom is -0.206 e. The molecule has 1 saturated carbocycles. The van der Waals surface area contributed by atoms with E-state index in [2.05, 4.69) is 18.8 Å². The molecule has 0 N–H and O–H groups in total. The molecule has 25 heavy (non-hydrogen) atoms. The van der Waals surface area contributed by atoms with Crippen LogP contribution >= 0.6 is 0 Å². The van der Waals surface area contributed by atoms with Gasteiger partial charge in [0.15, 0.2) is 0 Å². The fourth-order valence-electron chi connectivity index (χ4n) is 3.30. The molecular weight excluding hydrogens is 335 g/mol. The Labute approximate surface area is 145 Å². The highest BCUT2D eigenvalue weighted by atomic mass is 19.4. The SMILES string of the molecule is CCC[C@H]1CC[C@H](C=CC#Cc2cc(F)c(C(F)(F)F)c(F)c2)CC1. The average Bonchev–Trinajstić information content (AvgIpc) is 2.51. The average molecular weight is 356 g/mol. The first-order chi connectivity index (χ1) is 11.8. The molecule has 1 aromatic carbocycles. The number of hydrogen-bond donors (Lipinski definition) is 0. The van der Waals surface area contributed by atoms with Crippen molar-refractivity contribution in [2.45, 2.75) is 51.6 Å². The Morgan fingerprint density at radius 1 is 1.08 bits per heavy atom. The van der Waals surface area contributed by atoms with E-state index < -0.39 is 23.4 Å². The minimum absolute atomic E-state index is 0.112. The lowest BCUT2D eigenvalue weighted by Gasteiger charge is -2.26. The highest BCUT2D eigenvalue weighted by Crippen LogP contribution is 2.34. The van der Waals surface area contributed by atoms with Gasteiger partial charge in [0.1, 0.15) is 17.2 Å². The highest BCUT2D eigenvalue weighted by Gasteiger charge is 2.37. The summed E-state index contributed by atoms with van der Waals surface area (Å²) in [5, 5.41) is 0. The summed E-state index contributed by atoms with van der Waals surface area (Å²) in [4.78, 5) is 0. The van der Waals surface area contributed by atoms with Crippen LogP contribution < -0.4 is 0 Å². The van der Waals surface area contributed by atoms with Crippen LogP contribution in [0.15, 0.2) is 24.3 Å². The van der Waals surface area contributed by atoms with Crippen LogP contribution in [0.2, 0.25) is 0 Å². The van der Waals surface area contributed by atoms with E-state index in [1.54, 1.807) is 6.08 Å². The zero-order valence-electron chi connectivity index (χ0n) is 14.1. The molecule has 136 valence electrons. The van der Waals surface area contributed by atoms with E-state index in [0.29, 0.717) is 18.1 Å². The predicted octanol–water partition coefficient (Wildman–Crippen LogP) is 6.50. The molecule has 0 saturated heterocycles. The van der Waals surface area contributed by atoms with Gasteiger partial charge in [-0.1, -0.05) is 37.7 Å². The highest BCUT2D eigenvalue weighted by molar-refractivity contribution is 5.40. The van der Waals surface area contributed by atoms with Crippen LogP contribution in [0.25, 0.3) is 0 Å². The molecule has 0 unspecified atom stereocenters. The van der Waals surface area contributed by atoms with Crippen molar-refractivity contribution in [1.29, 1.82) is 0 Å². The van der Waals surface area contributed by atoms with E-state index in [0.717, 1.165) is 18.8 Å². The molecule has 5 heteroatoms. The first kappa shape index (κ1) is 19.5. The lowest BCUT2D eigenvalue weighted by molar-refractivity contribution is -0.142. The Balaban J connectivity index is 1.98. The maximum atomic E-state index is 13.5. The van der Waals surface area contributed by atoms with Gasteiger partial charge in [-0.2, -0.15) is 13.2 Å². The fourth-order valence-corrected chi connectivity index (χ4v) is 3.30. The van der Waals surface area contributed by atoms with Crippen molar-refractivity contribution < 1.29 is 22.0 Å². The minimum atomic E-state index is -5.06. The van der Waals surface area contributed by atoms with Crippen LogP contribution in [0.5, 0.6) is 0 Å². The first-order valence-corrected chi connectivity index (χ1v) is 8.55. The van der Waals surface area contributed by atoms with Crippen LogP contribution in [0.3, 0.4) is 0 Å². The summed E-state index contributed by atoms with van der Waals surface area (Å²) in [7, 11) is 0. The summed E-state index contributed by atoms with van der Waals surface area (Å²) in [6, 6.07) is 1.23. The quantitative estimate of drug-likeness (QED) is 0.428. The Morgan fingerprint density at radius 2 is 1.68 bits per heavy atom. The van der Waals surface area contributed by atoms with Gasteiger partial charge in [-0.15, -0.1) is 0 Å². The summed E-state index contributed by atoms with van der Waals surface area (Å²) in [5.74, 6) is 3.11. The maximum Gasteiger partial charge on any atom is 0.422 e. The second-order valence-electron chi connectivity index (χ2n) is 6.51. The number of alkyl halides is 3. The van der Waals surface area contributed by atoms with Crippen LogP contribution in [0.4, 0.5) is 22.0 Å². The Bertz CT molecular complexity index is 645. The van der Waals surface area contributed by atoms with E-state index in [-0.39, 0.29) is 5.56 Å². The molecule has 1 aliphatic carbocycles. The van der Waals surface area contributed by atoms with Gasteiger partial charge in [0.2, 0.25) is 0 Å². The van der Waals surface area contributed by atoms with E-state index in [9.17, 15) is 22.0 Å². The van der Waals surface area contributed by atoms with Crippen molar-refractivity contribution in [3.63, 3.8) is 0 Å². The molecule has 0 aliphatic heterocycles. The zero-order chi connectivity index (χ0) is 18.4. The first-order valence-electron chi connectivity index (χ1n) is 8.55. The Morgan fingerprint density at radius 3 is 2.20 bits per heavy atom. The van der Waals surface area contributed by atoms with Crippen molar-refractivity contribution in [2.24, 2.45) is 11.8 Å². The van der Waals surface area contributed by atoms with Gasteiger partial charge in [-0.05, 0) is 55.7 Å². The van der Waals surface area contributed by atoms with Crippen molar-refractivity contribution in [2.75, 3.05) is 0 Å². The van der Waals surface area contributed by atoms with Gasteiger partial charge in [-0.3, -0.25) is 0 Å². The van der Waals surface area contributed by atoms with Gasteiger partial charge >= 0.3 is 6.18 Å². The van der Waals surface area contributed by atoms with E-state index in [1.165, 1.54) is 25.7 Å². The summed E-state index contributed by atoms with van der Waals surface area (Å²) in [6.07, 6.45) is 5.62. The Hall–Kier alpha value is -1.83. The fraction of sp³-hybridized carbons (Fsp3) is 0.500. The molecule has 2 rings (SSSR count). The van der Waals surface area contributed by atoms with Crippen molar-refractivity contribution in [3.05, 3.63) is 47.0 Å². The lowest BCUT2D eigenvalue weighted by Crippen LogP contribution is -2.12. The molecule has 0 aromatic heterocycles. The van der Waals surface area contributed by atoms with Gasteiger partial charge in [0.25, 0.3) is 0 Å². The standard InChI is InChI=1S/C20H21F5/c1-2-5-14-8-10-15(11-9-14)6-3-4-7-16-12-17(21)19(18(22)13-16)20(23,24)25/h3,6,12-15H,2,5,8-11H2,1H3/t14-,15-. The lowest BCUT2D eigenvalue weighted by atomic mass is 9.80. The third kappa shape index (κ3) is 5.59. The second-order valence-corrected chi connectivity index (χ2v) is 6.51. The number of rotatable bonds is 3. The van der Waals surface area contributed by atoms with Crippen LogP contribution in [-0.2, 0) is 6.18 Å². The third-order valence-corrected chi connectivity index (χ3v) is 4.58. The summed E-state index contributed by atoms with van der Waals surface area (Å²) in [5.41, 5.74) is -1.99. The van der Waals surface area contributed by atoms with Gasteiger partial charge in [0.05, 0.1) is 0 Å². The smallest absolute Gasteiger partial charge is 0.206 e. The molecule has 0 bridgehead atoms. The molecular formula is C20H21F5. The normalized spacial score (nSPS) is 21.2. The zero-order valence-corrected chi connectivity index (χ0v) is 14.1. The molecule has 1 aromatic rings. The van der Waals surface area contributed by atoms with Crippen molar-refractivity contribution in [3.8, 4) is 11.8 Å². The monoisotopic (exact) mass is 356 g/mol. The largest absolute Gasteiger partial charge is 0.422 e. The summed E-state index contributed by atoms with van der Waals surface area (Å²) < 4.78 is 64.4. The summed E-state index contributed by atoms with van der Waals surface area (Å²) in [6.45, 7) is 2.19.